The first-order valence-corrected chi connectivity index (χ1v) is 7.54. The van der Waals surface area contributed by atoms with Crippen molar-refractivity contribution in [3.8, 4) is 0 Å². The van der Waals surface area contributed by atoms with Crippen molar-refractivity contribution in [3.05, 3.63) is 29.6 Å². The number of hydrogen-bond donors (Lipinski definition) is 3. The van der Waals surface area contributed by atoms with Crippen molar-refractivity contribution >= 4 is 16.0 Å². The molecule has 116 valence electrons. The number of ether oxygens (including phenoxy) is 1. The largest absolute Gasteiger partial charge is 0.478 e. The summed E-state index contributed by atoms with van der Waals surface area (Å²) in [5.74, 6) is -2.59. The monoisotopic (exact) mass is 319 g/mol. The Morgan fingerprint density at radius 2 is 2.19 bits per heavy atom. The summed E-state index contributed by atoms with van der Waals surface area (Å²) in [6.45, 7) is 0.0758. The van der Waals surface area contributed by atoms with Gasteiger partial charge in [-0.3, -0.25) is 0 Å². The van der Waals surface area contributed by atoms with E-state index in [0.29, 0.717) is 13.0 Å². The maximum atomic E-state index is 13.2. The lowest BCUT2D eigenvalue weighted by atomic mass is 10.1. The van der Waals surface area contributed by atoms with E-state index in [1.807, 2.05) is 0 Å². The zero-order valence-corrected chi connectivity index (χ0v) is 11.7. The Bertz CT molecular complexity index is 654. The van der Waals surface area contributed by atoms with E-state index < -0.39 is 33.0 Å². The third-order valence-corrected chi connectivity index (χ3v) is 4.55. The van der Waals surface area contributed by atoms with Gasteiger partial charge >= 0.3 is 5.97 Å². The van der Waals surface area contributed by atoms with Gasteiger partial charge in [0.05, 0.1) is 17.1 Å². The number of nitrogens with one attached hydrogen (secondary N) is 1. The van der Waals surface area contributed by atoms with E-state index in [1.54, 1.807) is 0 Å². The van der Waals surface area contributed by atoms with Gasteiger partial charge in [-0.1, -0.05) is 0 Å². The Labute approximate surface area is 120 Å². The second kappa shape index (κ2) is 5.68. The summed E-state index contributed by atoms with van der Waals surface area (Å²) in [6.07, 6.45) is 0.291. The van der Waals surface area contributed by atoms with Crippen LogP contribution in [0.15, 0.2) is 23.1 Å². The maximum absolute atomic E-state index is 13.2. The van der Waals surface area contributed by atoms with E-state index in [9.17, 15) is 22.7 Å². The van der Waals surface area contributed by atoms with Crippen molar-refractivity contribution in [1.29, 1.82) is 0 Å². The molecule has 1 aliphatic heterocycles. The predicted molar refractivity (Wildman–Crippen MR) is 68.9 cm³/mol. The van der Waals surface area contributed by atoms with Gasteiger partial charge in [0.15, 0.2) is 0 Å². The molecule has 0 bridgehead atoms. The maximum Gasteiger partial charge on any atom is 0.338 e. The van der Waals surface area contributed by atoms with E-state index in [2.05, 4.69) is 4.72 Å². The van der Waals surface area contributed by atoms with Crippen LogP contribution in [0.3, 0.4) is 0 Å². The van der Waals surface area contributed by atoms with E-state index in [1.165, 1.54) is 0 Å². The normalized spacial score (nSPS) is 22.4. The van der Waals surface area contributed by atoms with Crippen molar-refractivity contribution in [3.63, 3.8) is 0 Å². The van der Waals surface area contributed by atoms with Crippen LogP contribution in [-0.2, 0) is 14.8 Å². The highest BCUT2D eigenvalue weighted by molar-refractivity contribution is 7.89. The van der Waals surface area contributed by atoms with Crippen LogP contribution < -0.4 is 4.72 Å². The topological polar surface area (TPSA) is 113 Å². The third-order valence-electron chi connectivity index (χ3n) is 3.15. The Hall–Kier alpha value is -1.55. The van der Waals surface area contributed by atoms with Crippen LogP contribution in [0.25, 0.3) is 0 Å². The van der Waals surface area contributed by atoms with Crippen molar-refractivity contribution in [2.24, 2.45) is 0 Å². The number of aliphatic hydroxyl groups is 1. The average Bonchev–Trinajstić information content (AvgIpc) is 2.84. The van der Waals surface area contributed by atoms with Crippen LogP contribution in [0.1, 0.15) is 16.8 Å². The van der Waals surface area contributed by atoms with Gasteiger partial charge < -0.3 is 14.9 Å². The molecular weight excluding hydrogens is 305 g/mol. The lowest BCUT2D eigenvalue weighted by Crippen LogP contribution is -2.43. The number of rotatable bonds is 5. The number of carboxylic acids is 1. The number of hydrogen-bond acceptors (Lipinski definition) is 5. The molecule has 1 heterocycles. The summed E-state index contributed by atoms with van der Waals surface area (Å²) in [5.41, 5.74) is -2.02. The lowest BCUT2D eigenvalue weighted by Gasteiger charge is -2.20. The number of sulfonamides is 1. The van der Waals surface area contributed by atoms with Crippen LogP contribution in [0.5, 0.6) is 0 Å². The fourth-order valence-corrected chi connectivity index (χ4v) is 3.03. The molecule has 0 aromatic heterocycles. The van der Waals surface area contributed by atoms with Crippen LogP contribution in [-0.4, -0.2) is 50.0 Å². The molecule has 0 saturated carbocycles. The minimum absolute atomic E-state index is 0.0132. The summed E-state index contributed by atoms with van der Waals surface area (Å²) < 4.78 is 44.5. The number of carbonyl (C=O) groups is 1. The van der Waals surface area contributed by atoms with Crippen molar-refractivity contribution in [2.75, 3.05) is 19.8 Å². The molecule has 0 radical (unpaired) electrons. The predicted octanol–water partition coefficient (Wildman–Crippen LogP) is -0.0464. The first-order valence-electron chi connectivity index (χ1n) is 6.06. The Balaban J connectivity index is 2.19. The molecule has 1 atom stereocenters. The average molecular weight is 319 g/mol. The number of carboxylic acid groups (broad SMARTS) is 1. The molecule has 1 fully saturated rings. The second-order valence-electron chi connectivity index (χ2n) is 4.80. The highest BCUT2D eigenvalue weighted by Crippen LogP contribution is 2.19. The standard InChI is InChI=1S/C12H14FNO6S/c13-10-2-1-8(5-9(10)11(15)16)21(18,19)14-6-12(17)3-4-20-7-12/h1-2,5,14,17H,3-4,6-7H2,(H,15,16). The molecule has 2 rings (SSSR count). The molecule has 0 amide bonds. The summed E-state index contributed by atoms with van der Waals surface area (Å²) in [5, 5.41) is 18.8. The quantitative estimate of drug-likeness (QED) is 0.701. The summed E-state index contributed by atoms with van der Waals surface area (Å²) >= 11 is 0. The number of halogens is 1. The Morgan fingerprint density at radius 1 is 1.48 bits per heavy atom. The van der Waals surface area contributed by atoms with Gasteiger partial charge in [0.25, 0.3) is 0 Å². The fourth-order valence-electron chi connectivity index (χ4n) is 1.88. The van der Waals surface area contributed by atoms with E-state index in [-0.39, 0.29) is 18.0 Å². The molecule has 7 nitrogen and oxygen atoms in total. The molecule has 3 N–H and O–H groups in total. The van der Waals surface area contributed by atoms with Gasteiger partial charge in [-0.05, 0) is 18.2 Å². The smallest absolute Gasteiger partial charge is 0.338 e. The van der Waals surface area contributed by atoms with Gasteiger partial charge in [-0.15, -0.1) is 0 Å². The Kier molecular flexibility index (Phi) is 4.28. The van der Waals surface area contributed by atoms with Gasteiger partial charge in [-0.2, -0.15) is 0 Å². The van der Waals surface area contributed by atoms with Crippen molar-refractivity contribution in [1.82, 2.24) is 4.72 Å². The summed E-state index contributed by atoms with van der Waals surface area (Å²) in [7, 11) is -4.05. The molecule has 1 unspecified atom stereocenters. The SMILES string of the molecule is O=C(O)c1cc(S(=O)(=O)NCC2(O)CCOC2)ccc1F. The second-order valence-corrected chi connectivity index (χ2v) is 6.57. The molecule has 0 spiro atoms. The first-order chi connectivity index (χ1) is 9.73. The lowest BCUT2D eigenvalue weighted by molar-refractivity contribution is 0.0314. The van der Waals surface area contributed by atoms with Gasteiger partial charge in [0.2, 0.25) is 10.0 Å². The van der Waals surface area contributed by atoms with Crippen LogP contribution in [0, 0.1) is 5.82 Å². The fraction of sp³-hybridized carbons (Fsp3) is 0.417. The molecule has 1 aromatic rings. The first kappa shape index (κ1) is 15.8. The number of benzene rings is 1. The minimum atomic E-state index is -4.05. The molecule has 1 aliphatic rings. The van der Waals surface area contributed by atoms with Gasteiger partial charge in [0.1, 0.15) is 11.4 Å². The van der Waals surface area contributed by atoms with Crippen LogP contribution in [0.4, 0.5) is 4.39 Å². The summed E-state index contributed by atoms with van der Waals surface area (Å²) in [6, 6.07) is 2.46. The van der Waals surface area contributed by atoms with Gasteiger partial charge in [0, 0.05) is 19.6 Å². The highest BCUT2D eigenvalue weighted by atomic mass is 32.2. The van der Waals surface area contributed by atoms with Crippen molar-refractivity contribution < 1.29 is 32.6 Å². The highest BCUT2D eigenvalue weighted by Gasteiger charge is 2.33. The zero-order chi connectivity index (χ0) is 15.7. The van der Waals surface area contributed by atoms with Gasteiger partial charge in [-0.25, -0.2) is 22.3 Å². The van der Waals surface area contributed by atoms with E-state index in [4.69, 9.17) is 9.84 Å². The van der Waals surface area contributed by atoms with Crippen molar-refractivity contribution in [2.45, 2.75) is 16.9 Å². The number of aromatic carboxylic acids is 1. The molecule has 21 heavy (non-hydrogen) atoms. The van der Waals surface area contributed by atoms with E-state index >= 15 is 0 Å². The molecule has 9 heteroatoms. The van der Waals surface area contributed by atoms with Crippen LogP contribution >= 0.6 is 0 Å². The Morgan fingerprint density at radius 3 is 2.76 bits per heavy atom. The molecule has 1 aromatic carbocycles. The molecular formula is C12H14FNO6S. The third kappa shape index (κ3) is 3.56. The van der Waals surface area contributed by atoms with E-state index in [0.717, 1.165) is 18.2 Å². The zero-order valence-electron chi connectivity index (χ0n) is 10.9. The van der Waals surface area contributed by atoms with Crippen LogP contribution in [0.2, 0.25) is 0 Å². The summed E-state index contributed by atoms with van der Waals surface area (Å²) in [4.78, 5) is 10.4. The minimum Gasteiger partial charge on any atom is -0.478 e. The molecule has 0 aliphatic carbocycles. The molecule has 1 saturated heterocycles.